The monoisotopic (exact) mass is 292 g/mol. The fraction of sp³-hybridized carbons (Fsp3) is 0.467. The molecule has 1 rings (SSSR count). The molecule has 6 nitrogen and oxygen atoms in total. The quantitative estimate of drug-likeness (QED) is 0.464. The number of rotatable bonds is 9. The summed E-state index contributed by atoms with van der Waals surface area (Å²) in [4.78, 5) is 23.4. The second-order valence-electron chi connectivity index (χ2n) is 5.04. The largest absolute Gasteiger partial charge is 0.368 e. The van der Waals surface area contributed by atoms with E-state index in [1.807, 2.05) is 30.3 Å². The minimum Gasteiger partial charge on any atom is -0.368 e. The van der Waals surface area contributed by atoms with Crippen molar-refractivity contribution in [2.24, 2.45) is 17.2 Å². The molecule has 1 aromatic carbocycles. The fourth-order valence-electron chi connectivity index (χ4n) is 1.99. The van der Waals surface area contributed by atoms with Crippen molar-refractivity contribution >= 4 is 11.8 Å². The first-order valence-corrected chi connectivity index (χ1v) is 7.14. The first-order valence-electron chi connectivity index (χ1n) is 7.14. The van der Waals surface area contributed by atoms with Crippen LogP contribution in [0.4, 0.5) is 0 Å². The molecular formula is C15H24N4O2. The molecule has 21 heavy (non-hydrogen) atoms. The third kappa shape index (κ3) is 6.37. The summed E-state index contributed by atoms with van der Waals surface area (Å²) >= 11 is 0. The van der Waals surface area contributed by atoms with E-state index in [2.05, 4.69) is 5.32 Å². The Morgan fingerprint density at radius 1 is 1.14 bits per heavy atom. The van der Waals surface area contributed by atoms with Crippen LogP contribution in [0.25, 0.3) is 0 Å². The molecule has 116 valence electrons. The van der Waals surface area contributed by atoms with Crippen LogP contribution in [0.3, 0.4) is 0 Å². The molecule has 2 amide bonds. The molecule has 0 saturated carbocycles. The van der Waals surface area contributed by atoms with Crippen molar-refractivity contribution in [2.75, 3.05) is 6.54 Å². The van der Waals surface area contributed by atoms with Crippen LogP contribution in [0.5, 0.6) is 0 Å². The Balaban J connectivity index is 2.54. The standard InChI is InChI=1S/C15H24N4O2/c16-9-5-4-8-12(17)15(21)19-13(14(18)20)10-11-6-2-1-3-7-11/h1-3,6-7,12-13H,4-5,8-10,16-17H2,(H2,18,20)(H,19,21)/t12-,13-/m0/s1. The number of nitrogens with two attached hydrogens (primary N) is 3. The summed E-state index contributed by atoms with van der Waals surface area (Å²) in [5.41, 5.74) is 17.5. The van der Waals surface area contributed by atoms with Crippen LogP contribution in [-0.4, -0.2) is 30.4 Å². The number of amides is 2. The molecule has 1 aromatic rings. The van der Waals surface area contributed by atoms with E-state index >= 15 is 0 Å². The van der Waals surface area contributed by atoms with Crippen LogP contribution in [0.15, 0.2) is 30.3 Å². The van der Waals surface area contributed by atoms with Gasteiger partial charge in [0.05, 0.1) is 6.04 Å². The number of hydrogen-bond donors (Lipinski definition) is 4. The Kier molecular flexibility index (Phi) is 7.42. The van der Waals surface area contributed by atoms with Gasteiger partial charge in [0.15, 0.2) is 0 Å². The van der Waals surface area contributed by atoms with Gasteiger partial charge in [-0.1, -0.05) is 36.8 Å². The summed E-state index contributed by atoms with van der Waals surface area (Å²) in [6.45, 7) is 0.576. The van der Waals surface area contributed by atoms with Crippen LogP contribution < -0.4 is 22.5 Å². The predicted molar refractivity (Wildman–Crippen MR) is 82.2 cm³/mol. The number of unbranched alkanes of at least 4 members (excludes halogenated alkanes) is 1. The predicted octanol–water partition coefficient (Wildman–Crippen LogP) is -0.344. The molecule has 0 saturated heterocycles. The van der Waals surface area contributed by atoms with Crippen molar-refractivity contribution in [2.45, 2.75) is 37.8 Å². The lowest BCUT2D eigenvalue weighted by atomic mass is 10.0. The molecule has 2 atom stereocenters. The molecule has 0 heterocycles. The number of carbonyl (C=O) groups is 2. The van der Waals surface area contributed by atoms with Crippen LogP contribution in [0.1, 0.15) is 24.8 Å². The highest BCUT2D eigenvalue weighted by Gasteiger charge is 2.21. The van der Waals surface area contributed by atoms with Crippen LogP contribution in [0, 0.1) is 0 Å². The van der Waals surface area contributed by atoms with Gasteiger partial charge in [0.1, 0.15) is 6.04 Å². The third-order valence-electron chi connectivity index (χ3n) is 3.25. The molecule has 0 aliphatic heterocycles. The highest BCUT2D eigenvalue weighted by atomic mass is 16.2. The first kappa shape index (κ1) is 17.1. The SMILES string of the molecule is NCCCC[C@H](N)C(=O)N[C@@H](Cc1ccccc1)C(N)=O. The van der Waals surface area contributed by atoms with Crippen molar-refractivity contribution in [1.29, 1.82) is 0 Å². The zero-order valence-electron chi connectivity index (χ0n) is 12.1. The Morgan fingerprint density at radius 2 is 1.81 bits per heavy atom. The zero-order valence-corrected chi connectivity index (χ0v) is 12.1. The number of hydrogen-bond acceptors (Lipinski definition) is 4. The van der Waals surface area contributed by atoms with Crippen molar-refractivity contribution in [1.82, 2.24) is 5.32 Å². The number of primary amides is 1. The van der Waals surface area contributed by atoms with E-state index in [4.69, 9.17) is 17.2 Å². The highest BCUT2D eigenvalue weighted by Crippen LogP contribution is 2.04. The van der Waals surface area contributed by atoms with E-state index < -0.39 is 18.0 Å². The molecular weight excluding hydrogens is 268 g/mol. The van der Waals surface area contributed by atoms with Gasteiger partial charge in [-0.05, 0) is 24.9 Å². The summed E-state index contributed by atoms with van der Waals surface area (Å²) in [6.07, 6.45) is 2.51. The normalized spacial score (nSPS) is 13.4. The molecule has 0 aromatic heterocycles. The van der Waals surface area contributed by atoms with Gasteiger partial charge in [0.2, 0.25) is 11.8 Å². The van der Waals surface area contributed by atoms with Gasteiger partial charge in [-0.15, -0.1) is 0 Å². The average Bonchev–Trinajstić information content (AvgIpc) is 2.47. The molecule has 7 N–H and O–H groups in total. The lowest BCUT2D eigenvalue weighted by molar-refractivity contribution is -0.128. The number of nitrogens with one attached hydrogen (secondary N) is 1. The average molecular weight is 292 g/mol. The maximum Gasteiger partial charge on any atom is 0.240 e. The van der Waals surface area contributed by atoms with Gasteiger partial charge in [0.25, 0.3) is 0 Å². The second-order valence-corrected chi connectivity index (χ2v) is 5.04. The molecule has 0 aliphatic rings. The summed E-state index contributed by atoms with van der Waals surface area (Å²) < 4.78 is 0. The van der Waals surface area contributed by atoms with Gasteiger partial charge in [-0.25, -0.2) is 0 Å². The summed E-state index contributed by atoms with van der Waals surface area (Å²) in [5, 5.41) is 2.62. The maximum absolute atomic E-state index is 12.0. The van der Waals surface area contributed by atoms with Crippen LogP contribution >= 0.6 is 0 Å². The second kappa shape index (κ2) is 9.10. The smallest absolute Gasteiger partial charge is 0.240 e. The van der Waals surface area contributed by atoms with E-state index in [0.717, 1.165) is 18.4 Å². The lowest BCUT2D eigenvalue weighted by Crippen LogP contribution is -2.51. The Hall–Kier alpha value is -1.92. The minimum absolute atomic E-state index is 0.355. The molecule has 0 aliphatic carbocycles. The lowest BCUT2D eigenvalue weighted by Gasteiger charge is -2.18. The van der Waals surface area contributed by atoms with Crippen molar-refractivity contribution < 1.29 is 9.59 Å². The molecule has 0 fully saturated rings. The van der Waals surface area contributed by atoms with E-state index in [-0.39, 0.29) is 5.91 Å². The highest BCUT2D eigenvalue weighted by molar-refractivity contribution is 5.89. The Labute approximate surface area is 125 Å². The van der Waals surface area contributed by atoms with Crippen molar-refractivity contribution in [3.63, 3.8) is 0 Å². The summed E-state index contributed by atoms with van der Waals surface area (Å²) in [7, 11) is 0. The van der Waals surface area contributed by atoms with Crippen LogP contribution in [0.2, 0.25) is 0 Å². The van der Waals surface area contributed by atoms with Crippen LogP contribution in [-0.2, 0) is 16.0 Å². The fourth-order valence-corrected chi connectivity index (χ4v) is 1.99. The number of benzene rings is 1. The molecule has 0 unspecified atom stereocenters. The van der Waals surface area contributed by atoms with Gasteiger partial charge in [-0.2, -0.15) is 0 Å². The van der Waals surface area contributed by atoms with Crippen molar-refractivity contribution in [3.05, 3.63) is 35.9 Å². The molecule has 0 bridgehead atoms. The molecule has 0 radical (unpaired) electrons. The topological polar surface area (TPSA) is 124 Å². The summed E-state index contributed by atoms with van der Waals surface area (Å²) in [6, 6.07) is 7.98. The van der Waals surface area contributed by atoms with Crippen molar-refractivity contribution in [3.8, 4) is 0 Å². The molecule has 6 heteroatoms. The number of carbonyl (C=O) groups excluding carboxylic acids is 2. The van der Waals surface area contributed by atoms with E-state index in [1.165, 1.54) is 0 Å². The maximum atomic E-state index is 12.0. The first-order chi connectivity index (χ1) is 10.0. The summed E-state index contributed by atoms with van der Waals surface area (Å²) in [5.74, 6) is -0.923. The van der Waals surface area contributed by atoms with Gasteiger partial charge in [-0.3, -0.25) is 9.59 Å². The Bertz CT molecular complexity index is 450. The Morgan fingerprint density at radius 3 is 2.38 bits per heavy atom. The van der Waals surface area contributed by atoms with E-state index in [1.54, 1.807) is 0 Å². The van der Waals surface area contributed by atoms with Gasteiger partial charge >= 0.3 is 0 Å². The van der Waals surface area contributed by atoms with E-state index in [0.29, 0.717) is 19.4 Å². The van der Waals surface area contributed by atoms with Gasteiger partial charge in [0, 0.05) is 6.42 Å². The van der Waals surface area contributed by atoms with Gasteiger partial charge < -0.3 is 22.5 Å². The molecule has 0 spiro atoms. The van der Waals surface area contributed by atoms with E-state index in [9.17, 15) is 9.59 Å². The minimum atomic E-state index is -0.750. The zero-order chi connectivity index (χ0) is 15.7. The third-order valence-corrected chi connectivity index (χ3v) is 3.25.